The minimum Gasteiger partial charge on any atom is -0.310 e. The van der Waals surface area contributed by atoms with Crippen molar-refractivity contribution < 1.29 is 4.79 Å². The number of carbonyl (C=O) groups is 1. The molecule has 5 heteroatoms. The van der Waals surface area contributed by atoms with Crippen molar-refractivity contribution in [3.8, 4) is 0 Å². The zero-order chi connectivity index (χ0) is 14.6. The van der Waals surface area contributed by atoms with Gasteiger partial charge < -0.3 is 5.32 Å². The summed E-state index contributed by atoms with van der Waals surface area (Å²) in [7, 11) is 2.04. The molecule has 0 aliphatic heterocycles. The van der Waals surface area contributed by atoms with Crippen molar-refractivity contribution in [2.75, 3.05) is 5.32 Å². The summed E-state index contributed by atoms with van der Waals surface area (Å²) >= 11 is 3.44. The van der Waals surface area contributed by atoms with Crippen LogP contribution in [0.25, 0.3) is 0 Å². The summed E-state index contributed by atoms with van der Waals surface area (Å²) in [6, 6.07) is 1.92. The summed E-state index contributed by atoms with van der Waals surface area (Å²) in [5, 5.41) is 3.59. The molecule has 1 aromatic heterocycles. The van der Waals surface area contributed by atoms with Crippen LogP contribution in [-0.4, -0.2) is 18.2 Å². The van der Waals surface area contributed by atoms with Crippen LogP contribution in [0.4, 0.5) is 5.82 Å². The zero-order valence-electron chi connectivity index (χ0n) is 12.3. The van der Waals surface area contributed by atoms with Gasteiger partial charge in [-0.05, 0) is 19.4 Å². The number of anilines is 1. The highest BCUT2D eigenvalue weighted by Gasteiger charge is 2.25. The van der Waals surface area contributed by atoms with Gasteiger partial charge in [-0.25, -0.2) is 4.98 Å². The highest BCUT2D eigenvalue weighted by Crippen LogP contribution is 2.22. The average molecular weight is 324 g/mol. The van der Waals surface area contributed by atoms with Crippen LogP contribution in [0.2, 0.25) is 6.82 Å². The van der Waals surface area contributed by atoms with Crippen LogP contribution in [-0.2, 0) is 10.1 Å². The van der Waals surface area contributed by atoms with Gasteiger partial charge in [-0.15, -0.1) is 0 Å². The Kier molecular flexibility index (Phi) is 5.59. The Bertz CT molecular complexity index is 475. The molecule has 3 nitrogen and oxygen atoms in total. The Morgan fingerprint density at radius 2 is 2.16 bits per heavy atom. The normalized spacial score (nSPS) is 11.3. The number of hydrogen-bond donors (Lipinski definition) is 1. The number of nitrogens with zero attached hydrogens (tertiary/aromatic N) is 1. The van der Waals surface area contributed by atoms with E-state index in [0.29, 0.717) is 11.1 Å². The second-order valence-corrected chi connectivity index (χ2v) is 5.86. The number of pyridine rings is 1. The first-order valence-corrected chi connectivity index (χ1v) is 7.65. The number of aryl methyl sites for hydroxylation is 1. The molecule has 1 heterocycles. The molecule has 0 atom stereocenters. The van der Waals surface area contributed by atoms with E-state index >= 15 is 0 Å². The van der Waals surface area contributed by atoms with Gasteiger partial charge in [-0.3, -0.25) is 4.79 Å². The highest BCUT2D eigenvalue weighted by molar-refractivity contribution is 9.08. The van der Waals surface area contributed by atoms with Gasteiger partial charge in [0.1, 0.15) is 5.82 Å². The first-order valence-electron chi connectivity index (χ1n) is 6.53. The van der Waals surface area contributed by atoms with E-state index < -0.39 is 0 Å². The molecule has 0 saturated carbocycles. The monoisotopic (exact) mass is 323 g/mol. The summed E-state index contributed by atoms with van der Waals surface area (Å²) in [6.45, 7) is 9.92. The lowest BCUT2D eigenvalue weighted by molar-refractivity contribution is -0.124. The first-order chi connectivity index (χ1) is 8.85. The van der Waals surface area contributed by atoms with Gasteiger partial charge in [0.25, 0.3) is 0 Å². The van der Waals surface area contributed by atoms with E-state index in [9.17, 15) is 4.79 Å². The van der Waals surface area contributed by atoms with Crippen LogP contribution in [0.5, 0.6) is 0 Å². The Balaban J connectivity index is 3.04. The van der Waals surface area contributed by atoms with Crippen molar-refractivity contribution in [1.82, 2.24) is 4.98 Å². The first kappa shape index (κ1) is 16.2. The highest BCUT2D eigenvalue weighted by atomic mass is 79.9. The number of nitrogens with one attached hydrogen (secondary N) is 1. The molecule has 1 rings (SSSR count). The summed E-state index contributed by atoms with van der Waals surface area (Å²) < 4.78 is 0. The zero-order valence-corrected chi connectivity index (χ0v) is 13.9. The maximum absolute atomic E-state index is 12.2. The number of hydrogen-bond acceptors (Lipinski definition) is 2. The van der Waals surface area contributed by atoms with E-state index in [1.165, 1.54) is 0 Å². The van der Waals surface area contributed by atoms with Gasteiger partial charge in [0.15, 0.2) is 7.28 Å². The smallest absolute Gasteiger partial charge is 0.231 e. The Morgan fingerprint density at radius 3 is 2.63 bits per heavy atom. The molecule has 0 bridgehead atoms. The third-order valence-corrected chi connectivity index (χ3v) is 4.03. The Labute approximate surface area is 125 Å². The number of halogens is 1. The maximum Gasteiger partial charge on any atom is 0.231 e. The second kappa shape index (κ2) is 6.55. The van der Waals surface area contributed by atoms with Crippen molar-refractivity contribution in [1.29, 1.82) is 0 Å². The fraction of sp³-hybridized carbons (Fsp3) is 0.571. The molecule has 0 fully saturated rings. The van der Waals surface area contributed by atoms with Gasteiger partial charge in [-0.1, -0.05) is 54.6 Å². The van der Waals surface area contributed by atoms with Crippen LogP contribution in [0.15, 0.2) is 6.07 Å². The van der Waals surface area contributed by atoms with Crippen LogP contribution < -0.4 is 10.8 Å². The van der Waals surface area contributed by atoms with Crippen molar-refractivity contribution in [2.24, 2.45) is 5.41 Å². The number of alkyl halides is 1. The van der Waals surface area contributed by atoms with Crippen LogP contribution in [0.3, 0.4) is 0 Å². The van der Waals surface area contributed by atoms with Crippen LogP contribution >= 0.6 is 15.9 Å². The lowest BCUT2D eigenvalue weighted by atomic mass is 9.70. The molecule has 0 unspecified atom stereocenters. The van der Waals surface area contributed by atoms with E-state index in [4.69, 9.17) is 0 Å². The quantitative estimate of drug-likeness (QED) is 0.668. The van der Waals surface area contributed by atoms with Crippen LogP contribution in [0.1, 0.15) is 38.4 Å². The van der Waals surface area contributed by atoms with E-state index in [1.54, 1.807) is 0 Å². The molecule has 0 aliphatic carbocycles. The lowest BCUT2D eigenvalue weighted by Crippen LogP contribution is -2.31. The van der Waals surface area contributed by atoms with Gasteiger partial charge in [0.2, 0.25) is 5.91 Å². The van der Waals surface area contributed by atoms with Crippen molar-refractivity contribution >= 4 is 40.4 Å². The standard InChI is InChI=1S/C14H21BBrN2O/c1-6-14(3,4)13(19)18-11-7-9(2)12(15-5)10(8-16)17-11/h7H,6,8H2,1-5H3,(H,17,18,19). The van der Waals surface area contributed by atoms with E-state index in [-0.39, 0.29) is 11.3 Å². The Morgan fingerprint density at radius 1 is 1.53 bits per heavy atom. The predicted molar refractivity (Wildman–Crippen MR) is 85.6 cm³/mol. The molecule has 0 aromatic carbocycles. The fourth-order valence-electron chi connectivity index (χ4n) is 1.75. The molecule has 1 aromatic rings. The summed E-state index contributed by atoms with van der Waals surface area (Å²) in [5.41, 5.74) is 2.83. The predicted octanol–water partition coefficient (Wildman–Crippen LogP) is 3.04. The average Bonchev–Trinajstić information content (AvgIpc) is 2.37. The summed E-state index contributed by atoms with van der Waals surface area (Å²) in [5.74, 6) is 0.639. The maximum atomic E-state index is 12.2. The largest absolute Gasteiger partial charge is 0.310 e. The van der Waals surface area contributed by atoms with Gasteiger partial charge >= 0.3 is 0 Å². The summed E-state index contributed by atoms with van der Waals surface area (Å²) in [4.78, 5) is 16.7. The number of carbonyl (C=O) groups excluding carboxylic acids is 1. The van der Waals surface area contributed by atoms with Gasteiger partial charge in [-0.2, -0.15) is 0 Å². The van der Waals surface area contributed by atoms with Crippen molar-refractivity contribution in [2.45, 2.75) is 46.3 Å². The Hall–Kier alpha value is -0.835. The minimum absolute atomic E-state index is 0.00986. The van der Waals surface area contributed by atoms with Gasteiger partial charge in [0.05, 0.1) is 0 Å². The third kappa shape index (κ3) is 3.82. The molecule has 1 N–H and O–H groups in total. The van der Waals surface area contributed by atoms with E-state index in [1.807, 2.05) is 47.9 Å². The van der Waals surface area contributed by atoms with E-state index in [2.05, 4.69) is 26.2 Å². The molecular weight excluding hydrogens is 303 g/mol. The fourth-order valence-corrected chi connectivity index (χ4v) is 2.18. The molecule has 0 saturated heterocycles. The molecule has 0 spiro atoms. The van der Waals surface area contributed by atoms with Crippen molar-refractivity contribution in [3.63, 3.8) is 0 Å². The van der Waals surface area contributed by atoms with E-state index in [0.717, 1.165) is 23.1 Å². The molecule has 1 amide bonds. The molecule has 103 valence electrons. The van der Waals surface area contributed by atoms with Crippen molar-refractivity contribution in [3.05, 3.63) is 17.3 Å². The topological polar surface area (TPSA) is 42.0 Å². The third-order valence-electron chi connectivity index (χ3n) is 3.50. The minimum atomic E-state index is -0.375. The number of aromatic nitrogens is 1. The molecule has 1 radical (unpaired) electrons. The van der Waals surface area contributed by atoms with Crippen LogP contribution in [0, 0.1) is 12.3 Å². The number of rotatable bonds is 5. The second-order valence-electron chi connectivity index (χ2n) is 5.30. The molecule has 0 aliphatic rings. The number of amides is 1. The summed E-state index contributed by atoms with van der Waals surface area (Å²) in [6.07, 6.45) is 0.796. The SMILES string of the molecule is C[B]c1c(C)cc(NC(=O)C(C)(C)CC)nc1CBr. The molecular formula is C14H21BBrN2O. The molecule has 19 heavy (non-hydrogen) atoms. The lowest BCUT2D eigenvalue weighted by Gasteiger charge is -2.22. The van der Waals surface area contributed by atoms with Gasteiger partial charge in [0, 0.05) is 16.4 Å².